The van der Waals surface area contributed by atoms with Crippen molar-refractivity contribution in [1.29, 1.82) is 0 Å². The maximum absolute atomic E-state index is 12.4. The lowest BCUT2D eigenvalue weighted by Gasteiger charge is -2.06. The molecule has 0 radical (unpaired) electrons. The van der Waals surface area contributed by atoms with Gasteiger partial charge >= 0.3 is 5.97 Å². The summed E-state index contributed by atoms with van der Waals surface area (Å²) in [7, 11) is 1.33. The summed E-state index contributed by atoms with van der Waals surface area (Å²) in [6.45, 7) is 2.13. The van der Waals surface area contributed by atoms with Crippen molar-refractivity contribution < 1.29 is 14.3 Å². The van der Waals surface area contributed by atoms with Crippen LogP contribution in [0, 0.1) is 0 Å². The summed E-state index contributed by atoms with van der Waals surface area (Å²) in [5, 5.41) is 8.20. The highest BCUT2D eigenvalue weighted by molar-refractivity contribution is 8.00. The first-order valence-corrected chi connectivity index (χ1v) is 11.1. The molecule has 32 heavy (non-hydrogen) atoms. The average molecular weight is 447 g/mol. The third kappa shape index (κ3) is 4.81. The molecule has 0 bridgehead atoms. The maximum atomic E-state index is 12.4. The van der Waals surface area contributed by atoms with Gasteiger partial charge in [-0.3, -0.25) is 4.79 Å². The number of carbonyl (C=O) groups excluding carboxylic acids is 2. The molecule has 7 nitrogen and oxygen atoms in total. The number of hydrogen-bond donors (Lipinski definition) is 1. The molecule has 2 aromatic heterocycles. The highest BCUT2D eigenvalue weighted by Crippen LogP contribution is 2.26. The molecular formula is C24H22N4O3S. The van der Waals surface area contributed by atoms with E-state index < -0.39 is 5.97 Å². The summed E-state index contributed by atoms with van der Waals surface area (Å²) in [4.78, 5) is 28.3. The first-order valence-electron chi connectivity index (χ1n) is 10.1. The van der Waals surface area contributed by atoms with Crippen molar-refractivity contribution in [3.63, 3.8) is 0 Å². The predicted molar refractivity (Wildman–Crippen MR) is 125 cm³/mol. The molecule has 0 unspecified atom stereocenters. The van der Waals surface area contributed by atoms with Crippen molar-refractivity contribution in [2.45, 2.75) is 18.4 Å². The zero-order chi connectivity index (χ0) is 22.5. The van der Waals surface area contributed by atoms with Gasteiger partial charge in [0.25, 0.3) is 0 Å². The number of amides is 1. The molecular weight excluding hydrogens is 424 g/mol. The first-order chi connectivity index (χ1) is 15.6. The van der Waals surface area contributed by atoms with Gasteiger partial charge in [-0.15, -0.1) is 0 Å². The van der Waals surface area contributed by atoms with Crippen LogP contribution in [0.1, 0.15) is 22.8 Å². The van der Waals surface area contributed by atoms with Crippen LogP contribution >= 0.6 is 11.8 Å². The van der Waals surface area contributed by atoms with Gasteiger partial charge in [-0.2, -0.15) is 5.10 Å². The minimum Gasteiger partial charge on any atom is -0.465 e. The number of ether oxygens (including phenoxy) is 1. The van der Waals surface area contributed by atoms with Gasteiger partial charge in [0.15, 0.2) is 0 Å². The lowest BCUT2D eigenvalue weighted by atomic mass is 10.1. The fourth-order valence-corrected chi connectivity index (χ4v) is 3.98. The molecule has 2 heterocycles. The van der Waals surface area contributed by atoms with Crippen molar-refractivity contribution in [2.24, 2.45) is 0 Å². The summed E-state index contributed by atoms with van der Waals surface area (Å²) in [6.07, 6.45) is 4.47. The van der Waals surface area contributed by atoms with Crippen molar-refractivity contribution in [2.75, 3.05) is 18.2 Å². The number of aryl methyl sites for hydroxylation is 1. The van der Waals surface area contributed by atoms with E-state index in [9.17, 15) is 9.59 Å². The Bertz CT molecular complexity index is 1250. The quantitative estimate of drug-likeness (QED) is 0.333. The van der Waals surface area contributed by atoms with Gasteiger partial charge in [0, 0.05) is 23.6 Å². The molecule has 0 saturated heterocycles. The van der Waals surface area contributed by atoms with Gasteiger partial charge in [-0.05, 0) is 42.3 Å². The molecule has 0 atom stereocenters. The zero-order valence-corrected chi connectivity index (χ0v) is 18.6. The average Bonchev–Trinajstić information content (AvgIpc) is 3.28. The molecule has 8 heteroatoms. The number of hydrogen-bond acceptors (Lipinski definition) is 6. The van der Waals surface area contributed by atoms with Gasteiger partial charge in [0.2, 0.25) is 5.91 Å². The number of rotatable bonds is 7. The lowest BCUT2D eigenvalue weighted by molar-refractivity contribution is -0.113. The number of methoxy groups -OCH3 is 1. The first kappa shape index (κ1) is 21.6. The monoisotopic (exact) mass is 446 g/mol. The van der Waals surface area contributed by atoms with Crippen LogP contribution in [0.2, 0.25) is 0 Å². The number of benzene rings is 2. The van der Waals surface area contributed by atoms with Crippen LogP contribution in [0.3, 0.4) is 0 Å². The normalized spacial score (nSPS) is 10.8. The molecule has 4 rings (SSSR count). The lowest BCUT2D eigenvalue weighted by Crippen LogP contribution is -2.14. The number of nitrogens with one attached hydrogen (secondary N) is 1. The van der Waals surface area contributed by atoms with E-state index in [0.717, 1.165) is 28.2 Å². The van der Waals surface area contributed by atoms with Crippen LogP contribution in [-0.4, -0.2) is 39.3 Å². The van der Waals surface area contributed by atoms with Crippen LogP contribution in [0.4, 0.5) is 5.69 Å². The molecule has 0 saturated carbocycles. The van der Waals surface area contributed by atoms with Crippen LogP contribution in [0.5, 0.6) is 0 Å². The molecule has 0 fully saturated rings. The van der Waals surface area contributed by atoms with E-state index in [0.29, 0.717) is 11.3 Å². The molecule has 0 spiro atoms. The molecule has 0 aliphatic heterocycles. The topological polar surface area (TPSA) is 85.6 Å². The molecule has 0 aliphatic carbocycles. The van der Waals surface area contributed by atoms with E-state index in [2.05, 4.69) is 51.3 Å². The SMILES string of the molecule is CCc1ccc(-c2cc3c(SCC(=O)Nc4ccc(C(=O)OC)cc4)nccn3n2)cc1. The van der Waals surface area contributed by atoms with E-state index in [4.69, 9.17) is 0 Å². The Morgan fingerprint density at radius 3 is 2.53 bits per heavy atom. The van der Waals surface area contributed by atoms with Crippen molar-refractivity contribution >= 4 is 34.8 Å². The molecule has 1 amide bonds. The molecule has 0 aliphatic rings. The van der Waals surface area contributed by atoms with Crippen LogP contribution in [0.15, 0.2) is 72.0 Å². The molecule has 2 aromatic carbocycles. The van der Waals surface area contributed by atoms with Gasteiger partial charge in [0.1, 0.15) is 5.03 Å². The maximum Gasteiger partial charge on any atom is 0.337 e. The second kappa shape index (κ2) is 9.65. The standard InChI is InChI=1S/C24H22N4O3S/c1-3-16-4-6-17(7-5-16)20-14-21-23(25-12-13-28(21)27-20)32-15-22(29)26-19-10-8-18(9-11-19)24(30)31-2/h4-14H,3,15H2,1-2H3,(H,26,29). The number of carbonyl (C=O) groups is 2. The second-order valence-electron chi connectivity index (χ2n) is 7.05. The van der Waals surface area contributed by atoms with Crippen LogP contribution in [0.25, 0.3) is 16.8 Å². The Hall–Kier alpha value is -3.65. The van der Waals surface area contributed by atoms with E-state index in [1.54, 1.807) is 41.2 Å². The van der Waals surface area contributed by atoms with E-state index >= 15 is 0 Å². The molecule has 4 aromatic rings. The number of anilines is 1. The number of aromatic nitrogens is 3. The Labute approximate surface area is 189 Å². The van der Waals surface area contributed by atoms with Crippen LogP contribution in [-0.2, 0) is 16.0 Å². The summed E-state index contributed by atoms with van der Waals surface area (Å²) in [5.74, 6) is -0.393. The Morgan fingerprint density at radius 2 is 1.84 bits per heavy atom. The van der Waals surface area contributed by atoms with Gasteiger partial charge in [0.05, 0.1) is 29.6 Å². The summed E-state index contributed by atoms with van der Waals surface area (Å²) in [5.41, 5.74) is 5.06. The van der Waals surface area contributed by atoms with Gasteiger partial charge < -0.3 is 10.1 Å². The number of fused-ring (bicyclic) bond motifs is 1. The van der Waals surface area contributed by atoms with Crippen LogP contribution < -0.4 is 5.32 Å². The number of esters is 1. The van der Waals surface area contributed by atoms with Crippen molar-refractivity contribution in [3.05, 3.63) is 78.1 Å². The van der Waals surface area contributed by atoms with Gasteiger partial charge in [-0.25, -0.2) is 14.3 Å². The van der Waals surface area contributed by atoms with E-state index in [1.165, 1.54) is 24.4 Å². The minimum atomic E-state index is -0.418. The Kier molecular flexibility index (Phi) is 6.51. The third-order valence-electron chi connectivity index (χ3n) is 4.94. The summed E-state index contributed by atoms with van der Waals surface area (Å²) in [6, 6.07) is 16.9. The fourth-order valence-electron chi connectivity index (χ4n) is 3.20. The number of thioether (sulfide) groups is 1. The Balaban J connectivity index is 1.44. The van der Waals surface area contributed by atoms with Crippen molar-refractivity contribution in [1.82, 2.24) is 14.6 Å². The smallest absolute Gasteiger partial charge is 0.337 e. The van der Waals surface area contributed by atoms with Crippen molar-refractivity contribution in [3.8, 4) is 11.3 Å². The molecule has 162 valence electrons. The number of nitrogens with zero attached hydrogens (tertiary/aromatic N) is 3. The second-order valence-corrected chi connectivity index (χ2v) is 8.01. The summed E-state index contributed by atoms with van der Waals surface area (Å²) < 4.78 is 6.46. The highest BCUT2D eigenvalue weighted by Gasteiger charge is 2.12. The minimum absolute atomic E-state index is 0.167. The van der Waals surface area contributed by atoms with E-state index in [-0.39, 0.29) is 11.7 Å². The third-order valence-corrected chi connectivity index (χ3v) is 5.94. The zero-order valence-electron chi connectivity index (χ0n) is 17.7. The van der Waals surface area contributed by atoms with E-state index in [1.807, 2.05) is 6.07 Å². The fraction of sp³-hybridized carbons (Fsp3) is 0.167. The highest BCUT2D eigenvalue weighted by atomic mass is 32.2. The Morgan fingerprint density at radius 1 is 1.09 bits per heavy atom. The summed E-state index contributed by atoms with van der Waals surface area (Å²) >= 11 is 1.35. The predicted octanol–water partition coefficient (Wildman–Crippen LogP) is 4.48. The van der Waals surface area contributed by atoms with Gasteiger partial charge in [-0.1, -0.05) is 43.0 Å². The molecule has 1 N–H and O–H groups in total. The largest absolute Gasteiger partial charge is 0.465 e.